The van der Waals surface area contributed by atoms with Crippen LogP contribution in [-0.2, 0) is 11.2 Å². The van der Waals surface area contributed by atoms with Crippen LogP contribution in [0.15, 0.2) is 77.9 Å². The number of hydrogen-bond donors (Lipinski definition) is 1. The zero-order chi connectivity index (χ0) is 22.8. The second kappa shape index (κ2) is 11.3. The van der Waals surface area contributed by atoms with E-state index in [1.165, 1.54) is 18.9 Å². The van der Waals surface area contributed by atoms with Crippen LogP contribution in [0.5, 0.6) is 17.2 Å². The third kappa shape index (κ3) is 6.43. The molecule has 0 fully saturated rings. The summed E-state index contributed by atoms with van der Waals surface area (Å²) in [5, 5.41) is 3.93. The molecule has 0 heterocycles. The molecule has 3 aromatic rings. The molecule has 164 valence electrons. The minimum absolute atomic E-state index is 0.152. The summed E-state index contributed by atoms with van der Waals surface area (Å²) < 4.78 is 16.2. The van der Waals surface area contributed by atoms with E-state index in [1.54, 1.807) is 42.5 Å². The van der Waals surface area contributed by atoms with Crippen molar-refractivity contribution >= 4 is 18.1 Å². The highest BCUT2D eigenvalue weighted by Gasteiger charge is 2.12. The van der Waals surface area contributed by atoms with Crippen molar-refractivity contribution in [1.29, 1.82) is 0 Å². The average molecular weight is 432 g/mol. The van der Waals surface area contributed by atoms with Gasteiger partial charge in [0.25, 0.3) is 5.91 Å². The molecule has 0 spiro atoms. The Balaban J connectivity index is 1.53. The van der Waals surface area contributed by atoms with Gasteiger partial charge in [-0.25, -0.2) is 10.2 Å². The molecule has 0 radical (unpaired) electrons. The molecule has 3 aromatic carbocycles. The van der Waals surface area contributed by atoms with Gasteiger partial charge in [0, 0.05) is 0 Å². The van der Waals surface area contributed by atoms with Crippen molar-refractivity contribution < 1.29 is 23.8 Å². The average Bonchev–Trinajstić information content (AvgIpc) is 2.84. The number of nitrogens with zero attached hydrogens (tertiary/aromatic N) is 1. The standard InChI is InChI=1S/C25H24N2O5/c1-3-18-9-12-21(13-10-18)31-17-24(28)27-26-16-19-11-14-22(23(15-19)30-2)32-25(29)20-7-5-4-6-8-20/h4-16H,3,17H2,1-2H3,(H,27,28)/b26-16+. The van der Waals surface area contributed by atoms with Crippen LogP contribution in [0.1, 0.15) is 28.4 Å². The predicted octanol–water partition coefficient (Wildman–Crippen LogP) is 4.01. The molecule has 32 heavy (non-hydrogen) atoms. The number of hydrogen-bond acceptors (Lipinski definition) is 6. The second-order valence-corrected chi connectivity index (χ2v) is 6.75. The van der Waals surface area contributed by atoms with Crippen molar-refractivity contribution in [3.63, 3.8) is 0 Å². The fourth-order valence-corrected chi connectivity index (χ4v) is 2.76. The molecule has 7 heteroatoms. The summed E-state index contributed by atoms with van der Waals surface area (Å²) in [5.41, 5.74) is 4.69. The van der Waals surface area contributed by atoms with Gasteiger partial charge in [0.2, 0.25) is 0 Å². The maximum atomic E-state index is 12.2. The van der Waals surface area contributed by atoms with Gasteiger partial charge in [-0.3, -0.25) is 4.79 Å². The first-order chi connectivity index (χ1) is 15.6. The number of amides is 1. The van der Waals surface area contributed by atoms with Gasteiger partial charge in [-0.05, 0) is 60.0 Å². The van der Waals surface area contributed by atoms with E-state index in [9.17, 15) is 9.59 Å². The molecule has 0 aliphatic rings. The molecule has 0 aliphatic carbocycles. The Labute approximate surface area is 186 Å². The number of ether oxygens (including phenoxy) is 3. The number of carbonyl (C=O) groups excluding carboxylic acids is 2. The zero-order valence-corrected chi connectivity index (χ0v) is 17.9. The van der Waals surface area contributed by atoms with Crippen LogP contribution in [0.3, 0.4) is 0 Å². The van der Waals surface area contributed by atoms with E-state index in [2.05, 4.69) is 17.5 Å². The Morgan fingerprint density at radius 1 is 0.969 bits per heavy atom. The summed E-state index contributed by atoms with van der Waals surface area (Å²) >= 11 is 0. The molecule has 7 nitrogen and oxygen atoms in total. The van der Waals surface area contributed by atoms with Gasteiger partial charge in [0.1, 0.15) is 5.75 Å². The normalized spacial score (nSPS) is 10.6. The molecule has 0 bridgehead atoms. The van der Waals surface area contributed by atoms with Crippen LogP contribution in [0.4, 0.5) is 0 Å². The number of benzene rings is 3. The largest absolute Gasteiger partial charge is 0.493 e. The number of aryl methyl sites for hydroxylation is 1. The van der Waals surface area contributed by atoms with Crippen molar-refractivity contribution in [3.05, 3.63) is 89.5 Å². The quantitative estimate of drug-likeness (QED) is 0.239. The minimum atomic E-state index is -0.484. The zero-order valence-electron chi connectivity index (χ0n) is 17.9. The number of methoxy groups -OCH3 is 1. The third-order valence-electron chi connectivity index (χ3n) is 4.50. The molecule has 0 unspecified atom stereocenters. The van der Waals surface area contributed by atoms with Crippen molar-refractivity contribution in [2.24, 2.45) is 5.10 Å². The number of carbonyl (C=O) groups is 2. The summed E-state index contributed by atoms with van der Waals surface area (Å²) in [5.74, 6) is 0.392. The molecule has 0 saturated heterocycles. The van der Waals surface area contributed by atoms with Crippen LogP contribution in [-0.4, -0.2) is 31.8 Å². The SMILES string of the molecule is CCc1ccc(OCC(=O)N/N=C/c2ccc(OC(=O)c3ccccc3)c(OC)c2)cc1. The molecule has 0 aromatic heterocycles. The first-order valence-corrected chi connectivity index (χ1v) is 10.1. The van der Waals surface area contributed by atoms with E-state index < -0.39 is 5.97 Å². The highest BCUT2D eigenvalue weighted by Crippen LogP contribution is 2.28. The fourth-order valence-electron chi connectivity index (χ4n) is 2.76. The van der Waals surface area contributed by atoms with Gasteiger partial charge in [0.15, 0.2) is 18.1 Å². The van der Waals surface area contributed by atoms with Crippen LogP contribution >= 0.6 is 0 Å². The van der Waals surface area contributed by atoms with Crippen molar-refractivity contribution in [3.8, 4) is 17.2 Å². The lowest BCUT2D eigenvalue weighted by Crippen LogP contribution is -2.24. The van der Waals surface area contributed by atoms with Crippen LogP contribution in [0.2, 0.25) is 0 Å². The molecule has 0 saturated carbocycles. The van der Waals surface area contributed by atoms with Gasteiger partial charge < -0.3 is 14.2 Å². The Morgan fingerprint density at radius 3 is 2.41 bits per heavy atom. The van der Waals surface area contributed by atoms with Crippen molar-refractivity contribution in [2.45, 2.75) is 13.3 Å². The predicted molar refractivity (Wildman–Crippen MR) is 121 cm³/mol. The van der Waals surface area contributed by atoms with E-state index in [-0.39, 0.29) is 18.3 Å². The highest BCUT2D eigenvalue weighted by atomic mass is 16.6. The monoisotopic (exact) mass is 432 g/mol. The minimum Gasteiger partial charge on any atom is -0.493 e. The maximum Gasteiger partial charge on any atom is 0.343 e. The molecular formula is C25H24N2O5. The highest BCUT2D eigenvalue weighted by molar-refractivity contribution is 5.91. The summed E-state index contributed by atoms with van der Waals surface area (Å²) in [6.07, 6.45) is 2.40. The summed E-state index contributed by atoms with van der Waals surface area (Å²) in [6.45, 7) is 1.92. The number of hydrazone groups is 1. The van der Waals surface area contributed by atoms with Crippen LogP contribution in [0, 0.1) is 0 Å². The Kier molecular flexibility index (Phi) is 7.97. The van der Waals surface area contributed by atoms with Gasteiger partial charge in [-0.1, -0.05) is 37.3 Å². The van der Waals surface area contributed by atoms with Crippen molar-refractivity contribution in [2.75, 3.05) is 13.7 Å². The summed E-state index contributed by atoms with van der Waals surface area (Å²) in [4.78, 5) is 24.2. The molecule has 3 rings (SSSR count). The van der Waals surface area contributed by atoms with E-state index in [0.29, 0.717) is 22.6 Å². The molecule has 1 amide bonds. The second-order valence-electron chi connectivity index (χ2n) is 6.75. The van der Waals surface area contributed by atoms with Gasteiger partial charge in [-0.2, -0.15) is 5.10 Å². The summed E-state index contributed by atoms with van der Waals surface area (Å²) in [6, 6.07) is 21.2. The lowest BCUT2D eigenvalue weighted by Gasteiger charge is -2.10. The topological polar surface area (TPSA) is 86.2 Å². The van der Waals surface area contributed by atoms with Crippen molar-refractivity contribution in [1.82, 2.24) is 5.43 Å². The molecule has 0 atom stereocenters. The molecular weight excluding hydrogens is 408 g/mol. The van der Waals surface area contributed by atoms with Crippen LogP contribution in [0.25, 0.3) is 0 Å². The lowest BCUT2D eigenvalue weighted by molar-refractivity contribution is -0.123. The Morgan fingerprint density at radius 2 is 1.72 bits per heavy atom. The Hall–Kier alpha value is -4.13. The lowest BCUT2D eigenvalue weighted by atomic mass is 10.2. The third-order valence-corrected chi connectivity index (χ3v) is 4.50. The Bertz CT molecular complexity index is 1080. The first kappa shape index (κ1) is 22.6. The van der Waals surface area contributed by atoms with Gasteiger partial charge >= 0.3 is 5.97 Å². The number of rotatable bonds is 9. The van der Waals surface area contributed by atoms with E-state index in [1.807, 2.05) is 30.3 Å². The fraction of sp³-hybridized carbons (Fsp3) is 0.160. The van der Waals surface area contributed by atoms with Gasteiger partial charge in [0.05, 0.1) is 18.9 Å². The van der Waals surface area contributed by atoms with E-state index >= 15 is 0 Å². The maximum absolute atomic E-state index is 12.2. The van der Waals surface area contributed by atoms with E-state index in [4.69, 9.17) is 14.2 Å². The first-order valence-electron chi connectivity index (χ1n) is 10.1. The van der Waals surface area contributed by atoms with Crippen LogP contribution < -0.4 is 19.6 Å². The van der Waals surface area contributed by atoms with Gasteiger partial charge in [-0.15, -0.1) is 0 Å². The molecule has 1 N–H and O–H groups in total. The molecule has 0 aliphatic heterocycles. The number of esters is 1. The summed E-state index contributed by atoms with van der Waals surface area (Å²) in [7, 11) is 1.47. The smallest absolute Gasteiger partial charge is 0.343 e. The van der Waals surface area contributed by atoms with E-state index in [0.717, 1.165) is 6.42 Å². The number of nitrogens with one attached hydrogen (secondary N) is 1.